The normalized spacial score (nSPS) is 13.3. The van der Waals surface area contributed by atoms with E-state index in [1.807, 2.05) is 26.0 Å². The summed E-state index contributed by atoms with van der Waals surface area (Å²) in [6, 6.07) is 6.16. The zero-order chi connectivity index (χ0) is 16.2. The van der Waals surface area contributed by atoms with Gasteiger partial charge in [0, 0.05) is 12.5 Å². The SMILES string of the molecule is Cc1ccc(C)c(CN[C@@H](NC(=O)C(C)C)C(Cl)(Cl)Cl)c1. The van der Waals surface area contributed by atoms with Crippen molar-refractivity contribution in [3.05, 3.63) is 34.9 Å². The number of alkyl halides is 3. The smallest absolute Gasteiger partial charge is 0.223 e. The minimum atomic E-state index is -1.62. The molecule has 0 aromatic heterocycles. The molecule has 0 heterocycles. The predicted octanol–water partition coefficient (Wildman–Crippen LogP) is 3.86. The van der Waals surface area contributed by atoms with Crippen molar-refractivity contribution in [3.63, 3.8) is 0 Å². The number of nitrogens with one attached hydrogen (secondary N) is 2. The van der Waals surface area contributed by atoms with Gasteiger partial charge in [0.2, 0.25) is 9.70 Å². The molecule has 1 aromatic carbocycles. The van der Waals surface area contributed by atoms with Crippen molar-refractivity contribution in [1.29, 1.82) is 0 Å². The van der Waals surface area contributed by atoms with E-state index < -0.39 is 9.96 Å². The lowest BCUT2D eigenvalue weighted by Crippen LogP contribution is -2.54. The van der Waals surface area contributed by atoms with Crippen LogP contribution in [0.25, 0.3) is 0 Å². The largest absolute Gasteiger partial charge is 0.336 e. The van der Waals surface area contributed by atoms with Gasteiger partial charge in [-0.1, -0.05) is 72.4 Å². The van der Waals surface area contributed by atoms with E-state index in [9.17, 15) is 4.79 Å². The number of benzene rings is 1. The van der Waals surface area contributed by atoms with Gasteiger partial charge in [-0.15, -0.1) is 0 Å². The summed E-state index contributed by atoms with van der Waals surface area (Å²) in [6.07, 6.45) is -0.752. The molecule has 0 aliphatic rings. The van der Waals surface area contributed by atoms with Gasteiger partial charge >= 0.3 is 0 Å². The van der Waals surface area contributed by atoms with Crippen LogP contribution in [0.2, 0.25) is 0 Å². The standard InChI is InChI=1S/C15H21Cl3N2O/c1-9(2)13(21)20-14(15(16,17)18)19-8-12-7-10(3)5-6-11(12)4/h5-7,9,14,19H,8H2,1-4H3,(H,20,21)/t14-/m0/s1. The Morgan fingerprint density at radius 1 is 1.24 bits per heavy atom. The molecule has 0 spiro atoms. The lowest BCUT2D eigenvalue weighted by atomic mass is 10.1. The van der Waals surface area contributed by atoms with E-state index >= 15 is 0 Å². The molecule has 0 aliphatic heterocycles. The Hall–Kier alpha value is -0.480. The van der Waals surface area contributed by atoms with Gasteiger partial charge in [0.1, 0.15) is 6.17 Å². The zero-order valence-electron chi connectivity index (χ0n) is 12.6. The Morgan fingerprint density at radius 2 is 1.86 bits per heavy atom. The third kappa shape index (κ3) is 6.03. The van der Waals surface area contributed by atoms with Crippen molar-refractivity contribution >= 4 is 40.7 Å². The maximum Gasteiger partial charge on any atom is 0.223 e. The Kier molecular flexibility index (Phi) is 6.79. The van der Waals surface area contributed by atoms with Crippen molar-refractivity contribution in [2.75, 3.05) is 0 Å². The molecule has 3 nitrogen and oxygen atoms in total. The van der Waals surface area contributed by atoms with Crippen molar-refractivity contribution in [1.82, 2.24) is 10.6 Å². The zero-order valence-corrected chi connectivity index (χ0v) is 14.9. The fourth-order valence-electron chi connectivity index (χ4n) is 1.76. The molecule has 0 saturated heterocycles. The van der Waals surface area contributed by atoms with E-state index in [1.165, 1.54) is 0 Å². The topological polar surface area (TPSA) is 41.1 Å². The first kappa shape index (κ1) is 18.6. The molecule has 2 N–H and O–H groups in total. The summed E-state index contributed by atoms with van der Waals surface area (Å²) in [7, 11) is 0. The minimum absolute atomic E-state index is 0.167. The van der Waals surface area contributed by atoms with Crippen LogP contribution >= 0.6 is 34.8 Å². The fraction of sp³-hybridized carbons (Fsp3) is 0.533. The second-order valence-corrected chi connectivity index (χ2v) is 7.82. The van der Waals surface area contributed by atoms with Crippen LogP contribution in [0.4, 0.5) is 0 Å². The molecule has 0 fully saturated rings. The van der Waals surface area contributed by atoms with E-state index in [0.717, 1.165) is 16.7 Å². The second kappa shape index (κ2) is 7.68. The van der Waals surface area contributed by atoms with Crippen molar-refractivity contribution in [2.24, 2.45) is 5.92 Å². The highest BCUT2D eigenvalue weighted by Gasteiger charge is 2.34. The van der Waals surface area contributed by atoms with E-state index in [-0.39, 0.29) is 11.8 Å². The van der Waals surface area contributed by atoms with Gasteiger partial charge in [0.15, 0.2) is 0 Å². The summed E-state index contributed by atoms with van der Waals surface area (Å²) in [5, 5.41) is 5.82. The quantitative estimate of drug-likeness (QED) is 0.625. The predicted molar refractivity (Wildman–Crippen MR) is 89.8 cm³/mol. The maximum absolute atomic E-state index is 11.8. The highest BCUT2D eigenvalue weighted by molar-refractivity contribution is 6.68. The van der Waals surface area contributed by atoms with Crippen molar-refractivity contribution in [3.8, 4) is 0 Å². The van der Waals surface area contributed by atoms with Crippen LogP contribution in [0.5, 0.6) is 0 Å². The van der Waals surface area contributed by atoms with E-state index in [0.29, 0.717) is 6.54 Å². The summed E-state index contributed by atoms with van der Waals surface area (Å²) < 4.78 is -1.62. The molecule has 1 atom stereocenters. The van der Waals surface area contributed by atoms with Gasteiger partial charge in [0.05, 0.1) is 0 Å². The molecule has 0 saturated carbocycles. The van der Waals surface area contributed by atoms with Gasteiger partial charge < -0.3 is 5.32 Å². The van der Waals surface area contributed by atoms with E-state index in [2.05, 4.69) is 16.7 Å². The first-order valence-electron chi connectivity index (χ1n) is 6.78. The van der Waals surface area contributed by atoms with Crippen molar-refractivity contribution in [2.45, 2.75) is 44.2 Å². The van der Waals surface area contributed by atoms with Gasteiger partial charge in [-0.3, -0.25) is 10.1 Å². The third-order valence-electron chi connectivity index (χ3n) is 3.14. The van der Waals surface area contributed by atoms with Gasteiger partial charge in [-0.25, -0.2) is 0 Å². The molecule has 6 heteroatoms. The molecule has 118 valence electrons. The fourth-order valence-corrected chi connectivity index (χ4v) is 2.16. The number of rotatable bonds is 5. The molecule has 0 aliphatic carbocycles. The van der Waals surface area contributed by atoms with Crippen LogP contribution in [-0.4, -0.2) is 15.9 Å². The summed E-state index contributed by atoms with van der Waals surface area (Å²) in [4.78, 5) is 11.8. The Morgan fingerprint density at radius 3 is 2.38 bits per heavy atom. The van der Waals surface area contributed by atoms with Crippen LogP contribution < -0.4 is 10.6 Å². The maximum atomic E-state index is 11.8. The molecule has 1 rings (SSSR count). The Labute approximate surface area is 141 Å². The van der Waals surface area contributed by atoms with Gasteiger partial charge in [0.25, 0.3) is 0 Å². The van der Waals surface area contributed by atoms with Crippen LogP contribution in [-0.2, 0) is 11.3 Å². The number of halogens is 3. The monoisotopic (exact) mass is 350 g/mol. The molecule has 0 radical (unpaired) electrons. The highest BCUT2D eigenvalue weighted by Crippen LogP contribution is 2.29. The highest BCUT2D eigenvalue weighted by atomic mass is 35.6. The molecule has 1 amide bonds. The van der Waals surface area contributed by atoms with Crippen LogP contribution in [0.3, 0.4) is 0 Å². The number of hydrogen-bond acceptors (Lipinski definition) is 2. The summed E-state index contributed by atoms with van der Waals surface area (Å²) >= 11 is 17.8. The third-order valence-corrected chi connectivity index (χ3v) is 3.79. The average Bonchev–Trinajstić information content (AvgIpc) is 2.36. The number of carbonyl (C=O) groups is 1. The van der Waals surface area contributed by atoms with Crippen LogP contribution in [0.1, 0.15) is 30.5 Å². The van der Waals surface area contributed by atoms with Crippen LogP contribution in [0, 0.1) is 19.8 Å². The second-order valence-electron chi connectivity index (χ2n) is 5.45. The summed E-state index contributed by atoms with van der Waals surface area (Å²) in [6.45, 7) is 8.12. The van der Waals surface area contributed by atoms with Gasteiger partial charge in [-0.2, -0.15) is 0 Å². The molecule has 0 unspecified atom stereocenters. The molecule has 0 bridgehead atoms. The first-order chi connectivity index (χ1) is 9.61. The lowest BCUT2D eigenvalue weighted by molar-refractivity contribution is -0.124. The Balaban J connectivity index is 2.78. The molecular weight excluding hydrogens is 331 g/mol. The molecular formula is C15H21Cl3N2O. The number of hydrogen-bond donors (Lipinski definition) is 2. The number of amides is 1. The molecule has 21 heavy (non-hydrogen) atoms. The van der Waals surface area contributed by atoms with E-state index in [4.69, 9.17) is 34.8 Å². The Bertz CT molecular complexity index is 498. The van der Waals surface area contributed by atoms with Gasteiger partial charge in [-0.05, 0) is 25.0 Å². The minimum Gasteiger partial charge on any atom is -0.336 e. The van der Waals surface area contributed by atoms with Crippen LogP contribution in [0.15, 0.2) is 18.2 Å². The summed E-state index contributed by atoms with van der Waals surface area (Å²) in [5.74, 6) is -0.345. The lowest BCUT2D eigenvalue weighted by Gasteiger charge is -2.27. The molecule has 1 aromatic rings. The first-order valence-corrected chi connectivity index (χ1v) is 7.91. The number of aryl methyl sites for hydroxylation is 2. The summed E-state index contributed by atoms with van der Waals surface area (Å²) in [5.41, 5.74) is 3.41. The van der Waals surface area contributed by atoms with Crippen molar-refractivity contribution < 1.29 is 4.79 Å². The number of carbonyl (C=O) groups excluding carboxylic acids is 1. The van der Waals surface area contributed by atoms with E-state index in [1.54, 1.807) is 13.8 Å². The average molecular weight is 352 g/mol.